The van der Waals surface area contributed by atoms with Crippen molar-refractivity contribution in [3.8, 4) is 0 Å². The third kappa shape index (κ3) is 9.56. The van der Waals surface area contributed by atoms with Crippen LogP contribution in [-0.4, -0.2) is 94.7 Å². The average Bonchev–Trinajstić information content (AvgIpc) is 3.62. The molecule has 0 aliphatic carbocycles. The van der Waals surface area contributed by atoms with E-state index in [4.69, 9.17) is 10.5 Å². The third-order valence-corrected chi connectivity index (χ3v) is 7.56. The van der Waals surface area contributed by atoms with E-state index in [1.165, 1.54) is 11.8 Å². The molecule has 0 radical (unpaired) electrons. The molecule has 0 saturated carbocycles. The lowest BCUT2D eigenvalue weighted by atomic mass is 9.95. The Labute approximate surface area is 256 Å². The van der Waals surface area contributed by atoms with Gasteiger partial charge in [-0.1, -0.05) is 30.3 Å². The van der Waals surface area contributed by atoms with E-state index in [9.17, 15) is 28.8 Å². The van der Waals surface area contributed by atoms with Gasteiger partial charge in [0.25, 0.3) is 11.8 Å². The molecule has 0 bridgehead atoms. The number of hydrogen-bond donors (Lipinski definition) is 5. The first-order valence-electron chi connectivity index (χ1n) is 14.9. The summed E-state index contributed by atoms with van der Waals surface area (Å²) >= 11 is 0. The van der Waals surface area contributed by atoms with Crippen LogP contribution in [0.2, 0.25) is 0 Å². The summed E-state index contributed by atoms with van der Waals surface area (Å²) in [6.45, 7) is 5.32. The molecule has 3 rings (SSSR count). The van der Waals surface area contributed by atoms with Gasteiger partial charge in [0.15, 0.2) is 5.78 Å². The Morgan fingerprint density at radius 2 is 1.77 bits per heavy atom. The zero-order valence-electron chi connectivity index (χ0n) is 25.4. The van der Waals surface area contributed by atoms with Crippen LogP contribution in [-0.2, 0) is 35.2 Å². The largest absolute Gasteiger partial charge is 0.597 e. The minimum atomic E-state index is -1.07. The summed E-state index contributed by atoms with van der Waals surface area (Å²) < 4.78 is 0. The van der Waals surface area contributed by atoms with Crippen molar-refractivity contribution in [2.75, 3.05) is 19.6 Å². The van der Waals surface area contributed by atoms with Crippen LogP contribution in [0, 0.1) is 11.3 Å². The third-order valence-electron chi connectivity index (χ3n) is 7.56. The molecule has 13 heteroatoms. The maximum atomic E-state index is 13.8. The van der Waals surface area contributed by atoms with Gasteiger partial charge in [0.05, 0.1) is 24.7 Å². The Morgan fingerprint density at radius 1 is 1.07 bits per heavy atom. The predicted octanol–water partition coefficient (Wildman–Crippen LogP) is -0.500. The first-order chi connectivity index (χ1) is 20.9. The molecule has 2 heterocycles. The van der Waals surface area contributed by atoms with E-state index in [1.807, 2.05) is 6.07 Å². The van der Waals surface area contributed by atoms with Gasteiger partial charge >= 0.3 is 0 Å². The fraction of sp³-hybridized carbons (Fsp3) is 0.516. The minimum Gasteiger partial charge on any atom is -0.597 e. The second-order valence-corrected chi connectivity index (χ2v) is 11.6. The van der Waals surface area contributed by atoms with Gasteiger partial charge in [-0.2, -0.15) is 0 Å². The number of rotatable bonds is 15. The van der Waals surface area contributed by atoms with Crippen molar-refractivity contribution >= 4 is 40.9 Å². The zero-order chi connectivity index (χ0) is 32.4. The Morgan fingerprint density at radius 3 is 2.39 bits per heavy atom. The Balaban J connectivity index is 1.74. The number of nitrogens with one attached hydrogen (secondary N) is 5. The van der Waals surface area contributed by atoms with Gasteiger partial charge in [0, 0.05) is 38.4 Å². The summed E-state index contributed by atoms with van der Waals surface area (Å²) in [7, 11) is 0. The molecule has 4 atom stereocenters. The van der Waals surface area contributed by atoms with E-state index in [0.29, 0.717) is 25.8 Å². The molecule has 1 aromatic rings. The quantitative estimate of drug-likeness (QED) is 0.0761. The van der Waals surface area contributed by atoms with Crippen LogP contribution in [0.4, 0.5) is 0 Å². The summed E-state index contributed by atoms with van der Waals surface area (Å²) in [6, 6.07) is 5.80. The highest BCUT2D eigenvalue weighted by atomic mass is 16.3. The first-order valence-corrected chi connectivity index (χ1v) is 14.9. The van der Waals surface area contributed by atoms with Crippen LogP contribution in [0.25, 0.3) is 0 Å². The summed E-state index contributed by atoms with van der Waals surface area (Å²) in [5.41, 5.74) is 0.306. The lowest BCUT2D eigenvalue weighted by Gasteiger charge is -2.29. The van der Waals surface area contributed by atoms with Crippen molar-refractivity contribution in [2.45, 2.75) is 77.0 Å². The fourth-order valence-electron chi connectivity index (χ4n) is 5.40. The van der Waals surface area contributed by atoms with Gasteiger partial charge in [-0.05, 0) is 45.1 Å². The molecule has 44 heavy (non-hydrogen) atoms. The van der Waals surface area contributed by atoms with Crippen LogP contribution < -0.4 is 21.3 Å². The number of nitrogens with zero attached hydrogens (tertiary/aromatic N) is 1. The van der Waals surface area contributed by atoms with Crippen LogP contribution in [0.5, 0.6) is 0 Å². The van der Waals surface area contributed by atoms with Crippen LogP contribution >= 0.6 is 0 Å². The smallest absolute Gasteiger partial charge is 0.289 e. The molecular weight excluding hydrogens is 568 g/mol. The number of carbonyl (C=O) groups is 6. The van der Waals surface area contributed by atoms with E-state index in [1.54, 1.807) is 38.1 Å². The molecule has 7 N–H and O–H groups in total. The molecule has 2 fully saturated rings. The van der Waals surface area contributed by atoms with Crippen molar-refractivity contribution in [3.63, 3.8) is 0 Å². The van der Waals surface area contributed by atoms with Crippen molar-refractivity contribution in [2.24, 2.45) is 5.92 Å². The van der Waals surface area contributed by atoms with Gasteiger partial charge in [-0.25, -0.2) is 0 Å². The zero-order valence-corrected chi connectivity index (χ0v) is 25.4. The van der Waals surface area contributed by atoms with Gasteiger partial charge < -0.3 is 26.0 Å². The van der Waals surface area contributed by atoms with Crippen molar-refractivity contribution in [3.05, 3.63) is 47.7 Å². The molecule has 4 amide bonds. The number of Topliss-reactive ketones (excluding diaryl/α,β-unsaturated/α-hetero) is 2. The number of hydrogen-bond acceptors (Lipinski definition) is 8. The Hall–Kier alpha value is -4.39. The highest BCUT2D eigenvalue weighted by Gasteiger charge is 2.39. The monoisotopic (exact) mass is 611 g/mol. The van der Waals surface area contributed by atoms with E-state index >= 15 is 0 Å². The second-order valence-electron chi connectivity index (χ2n) is 11.6. The molecule has 2 aliphatic rings. The molecule has 1 unspecified atom stereocenters. The van der Waals surface area contributed by atoms with E-state index in [0.717, 1.165) is 11.6 Å². The Bertz CT molecular complexity index is 1290. The first kappa shape index (κ1) is 34.1. The maximum Gasteiger partial charge on any atom is 0.289 e. The number of carbonyl (C=O) groups excluding carboxylic acids is 6. The lowest BCUT2D eigenvalue weighted by molar-refractivity contribution is -0.141. The average molecular weight is 612 g/mol. The highest BCUT2D eigenvalue weighted by Crippen LogP contribution is 2.21. The van der Waals surface area contributed by atoms with E-state index in [2.05, 4.69) is 21.3 Å². The van der Waals surface area contributed by atoms with Crippen molar-refractivity contribution in [1.29, 1.82) is 5.41 Å². The number of allylic oxidation sites excluding steroid dienone is 1. The predicted molar refractivity (Wildman–Crippen MR) is 163 cm³/mol. The molecule has 2 aliphatic heterocycles. The molecule has 0 spiro atoms. The minimum absolute atomic E-state index is 0.0147. The summed E-state index contributed by atoms with van der Waals surface area (Å²) in [5, 5.41) is 26.3. The number of amides is 4. The van der Waals surface area contributed by atoms with Crippen LogP contribution in [0.1, 0.15) is 52.0 Å². The molecule has 238 valence electrons. The topological polar surface area (TPSA) is 201 Å². The van der Waals surface area contributed by atoms with Gasteiger partial charge in [-0.15, -0.1) is 0 Å². The summed E-state index contributed by atoms with van der Waals surface area (Å²) in [6.07, 6.45) is 2.71. The summed E-state index contributed by atoms with van der Waals surface area (Å²) in [5.74, 6) is -3.90. The molecule has 1 aromatic carbocycles. The van der Waals surface area contributed by atoms with Crippen LogP contribution in [0.3, 0.4) is 0 Å². The van der Waals surface area contributed by atoms with E-state index < -0.39 is 53.3 Å². The van der Waals surface area contributed by atoms with Gasteiger partial charge in [-0.3, -0.25) is 39.5 Å². The SMILES string of the molecule is C/C([OH2+])=C/C(=N)C(=O)N[C@@H](Cc1ccccc1)C(=O)N1CCCC1C(=O)CN[C@@H](C[C@@H]1CCNC1=O)C(=O)C(=O)NC(C)C. The summed E-state index contributed by atoms with van der Waals surface area (Å²) in [4.78, 5) is 79.2. The Kier molecular flexibility index (Phi) is 12.3. The molecule has 2 saturated heterocycles. The van der Waals surface area contributed by atoms with Crippen molar-refractivity contribution in [1.82, 2.24) is 26.2 Å². The molecule has 0 aromatic heterocycles. The van der Waals surface area contributed by atoms with Crippen LogP contribution in [0.15, 0.2) is 42.2 Å². The normalized spacial score (nSPS) is 19.7. The number of benzene rings is 1. The highest BCUT2D eigenvalue weighted by molar-refractivity contribution is 6.42. The van der Waals surface area contributed by atoms with Crippen molar-refractivity contribution < 1.29 is 33.9 Å². The van der Waals surface area contributed by atoms with E-state index in [-0.39, 0.29) is 49.4 Å². The van der Waals surface area contributed by atoms with Gasteiger partial charge in [0.2, 0.25) is 23.4 Å². The standard InChI is InChI=1S/C31H42N6O7/c1-18(2)35-30(43)27(40)23(16-21-11-12-33-28(21)41)34-17-26(39)25-10-7-13-37(25)31(44)24(15-20-8-5-4-6-9-20)36-29(42)22(32)14-19(3)38/h4-6,8-9,14,18,21,23-25,32,34,38H,7,10-13,15-17H2,1-3H3,(H,33,41)(H,35,43)(H,36,42)/p+1/b19-14-,32-22?/t21-,23-,24-,25?/m0/s1. The maximum absolute atomic E-state index is 13.8. The van der Waals surface area contributed by atoms with Gasteiger partial charge in [0.1, 0.15) is 11.8 Å². The molecule has 13 nitrogen and oxygen atoms in total. The second kappa shape index (κ2) is 15.9. The fourth-order valence-corrected chi connectivity index (χ4v) is 5.40. The molecular formula is C31H43N6O7+. The number of ketones is 2. The lowest BCUT2D eigenvalue weighted by Crippen LogP contribution is -2.55. The number of likely N-dealkylation sites (tertiary alicyclic amines) is 1.